The van der Waals surface area contributed by atoms with E-state index >= 15 is 0 Å². The second-order valence-corrected chi connectivity index (χ2v) is 9.11. The highest BCUT2D eigenvalue weighted by Crippen LogP contribution is 2.23. The van der Waals surface area contributed by atoms with Gasteiger partial charge in [0.05, 0.1) is 18.6 Å². The van der Waals surface area contributed by atoms with Gasteiger partial charge in [-0.05, 0) is 56.9 Å². The number of nitrogens with one attached hydrogen (secondary N) is 1. The molecule has 30 heavy (non-hydrogen) atoms. The summed E-state index contributed by atoms with van der Waals surface area (Å²) in [5.41, 5.74) is 2.62. The van der Waals surface area contributed by atoms with Crippen molar-refractivity contribution < 1.29 is 17.9 Å². The monoisotopic (exact) mass is 432 g/mol. The number of para-hydroxylation sites is 1. The number of sulfonamides is 1. The van der Waals surface area contributed by atoms with Gasteiger partial charge in [0.2, 0.25) is 15.9 Å². The van der Waals surface area contributed by atoms with Gasteiger partial charge in [0.1, 0.15) is 11.8 Å². The smallest absolute Gasteiger partial charge is 0.243 e. The maximum atomic E-state index is 12.8. The summed E-state index contributed by atoms with van der Waals surface area (Å²) >= 11 is 0. The highest BCUT2D eigenvalue weighted by Gasteiger charge is 2.31. The standard InChI is InChI=1S/C23H32N2O4S/c1-5-21(25(30(4,27)28)20-15-13-18(3)14-16-20)23(26)24-17-9-11-19-10-7-8-12-22(19)29-6-2/h7-8,10,12-16,21H,5-6,9,11,17H2,1-4H3,(H,24,26)/t21-/m1/s1. The Bertz CT molecular complexity index is 926. The predicted octanol–water partition coefficient (Wildman–Crippen LogP) is 3.69. The number of carbonyl (C=O) groups is 1. The lowest BCUT2D eigenvalue weighted by Crippen LogP contribution is -2.49. The maximum absolute atomic E-state index is 12.8. The molecule has 2 aromatic rings. The zero-order chi connectivity index (χ0) is 22.1. The second-order valence-electron chi connectivity index (χ2n) is 7.25. The molecule has 0 heterocycles. The van der Waals surface area contributed by atoms with E-state index in [4.69, 9.17) is 4.74 Å². The van der Waals surface area contributed by atoms with E-state index in [1.54, 1.807) is 12.1 Å². The van der Waals surface area contributed by atoms with Crippen LogP contribution in [0.2, 0.25) is 0 Å². The number of rotatable bonds is 11. The first-order chi connectivity index (χ1) is 14.3. The number of benzene rings is 2. The third kappa shape index (κ3) is 6.49. The van der Waals surface area contributed by atoms with Crippen LogP contribution in [-0.4, -0.2) is 39.8 Å². The van der Waals surface area contributed by atoms with Crippen LogP contribution in [0.25, 0.3) is 0 Å². The number of hydrogen-bond acceptors (Lipinski definition) is 4. The highest BCUT2D eigenvalue weighted by molar-refractivity contribution is 7.92. The van der Waals surface area contributed by atoms with E-state index < -0.39 is 16.1 Å². The number of nitrogens with zero attached hydrogens (tertiary/aromatic N) is 1. The van der Waals surface area contributed by atoms with E-state index in [1.165, 1.54) is 4.31 Å². The number of amides is 1. The van der Waals surface area contributed by atoms with Crippen LogP contribution < -0.4 is 14.4 Å². The minimum Gasteiger partial charge on any atom is -0.494 e. The average Bonchev–Trinajstić information content (AvgIpc) is 2.70. The van der Waals surface area contributed by atoms with E-state index in [9.17, 15) is 13.2 Å². The Morgan fingerprint density at radius 1 is 1.10 bits per heavy atom. The lowest BCUT2D eigenvalue weighted by Gasteiger charge is -2.30. The number of carbonyl (C=O) groups excluding carboxylic acids is 1. The SMILES string of the molecule is CCOc1ccccc1CCCNC(=O)[C@@H](CC)N(c1ccc(C)cc1)S(C)(=O)=O. The molecule has 6 nitrogen and oxygen atoms in total. The van der Waals surface area contributed by atoms with E-state index in [0.717, 1.165) is 36.0 Å². The van der Waals surface area contributed by atoms with E-state index in [1.807, 2.05) is 57.2 Å². The minimum atomic E-state index is -3.62. The molecule has 0 aliphatic heterocycles. The van der Waals surface area contributed by atoms with Crippen LogP contribution in [0.15, 0.2) is 48.5 Å². The lowest BCUT2D eigenvalue weighted by atomic mass is 10.1. The molecule has 2 aromatic carbocycles. The predicted molar refractivity (Wildman–Crippen MR) is 122 cm³/mol. The Labute approximate surface area is 180 Å². The van der Waals surface area contributed by atoms with Gasteiger partial charge >= 0.3 is 0 Å². The third-order valence-electron chi connectivity index (χ3n) is 4.81. The molecule has 1 N–H and O–H groups in total. The van der Waals surface area contributed by atoms with Crippen molar-refractivity contribution in [3.05, 3.63) is 59.7 Å². The molecule has 0 fully saturated rings. The molecule has 0 aromatic heterocycles. The molecular weight excluding hydrogens is 400 g/mol. The van der Waals surface area contributed by atoms with E-state index in [-0.39, 0.29) is 5.91 Å². The molecule has 0 unspecified atom stereocenters. The molecule has 0 saturated heterocycles. The first-order valence-corrected chi connectivity index (χ1v) is 12.2. The van der Waals surface area contributed by atoms with Crippen molar-refractivity contribution >= 4 is 21.6 Å². The van der Waals surface area contributed by atoms with Crippen molar-refractivity contribution in [2.24, 2.45) is 0 Å². The zero-order valence-corrected chi connectivity index (χ0v) is 19.0. The Morgan fingerprint density at radius 3 is 2.37 bits per heavy atom. The van der Waals surface area contributed by atoms with Crippen LogP contribution in [-0.2, 0) is 21.2 Å². The summed E-state index contributed by atoms with van der Waals surface area (Å²) in [7, 11) is -3.62. The molecule has 0 spiro atoms. The third-order valence-corrected chi connectivity index (χ3v) is 5.99. The van der Waals surface area contributed by atoms with Crippen LogP contribution in [0.5, 0.6) is 5.75 Å². The lowest BCUT2D eigenvalue weighted by molar-refractivity contribution is -0.122. The number of hydrogen-bond donors (Lipinski definition) is 1. The highest BCUT2D eigenvalue weighted by atomic mass is 32.2. The number of anilines is 1. The Hall–Kier alpha value is -2.54. The molecule has 0 radical (unpaired) electrons. The summed E-state index contributed by atoms with van der Waals surface area (Å²) in [4.78, 5) is 12.8. The van der Waals surface area contributed by atoms with Gasteiger partial charge in [-0.15, -0.1) is 0 Å². The summed E-state index contributed by atoms with van der Waals surface area (Å²) in [5, 5.41) is 2.90. The van der Waals surface area contributed by atoms with Crippen molar-refractivity contribution in [2.45, 2.75) is 46.1 Å². The van der Waals surface area contributed by atoms with Crippen LogP contribution in [0.1, 0.15) is 37.8 Å². The van der Waals surface area contributed by atoms with Gasteiger partial charge in [0.25, 0.3) is 0 Å². The average molecular weight is 433 g/mol. The fourth-order valence-corrected chi connectivity index (χ4v) is 4.58. The molecule has 164 valence electrons. The molecule has 0 aliphatic carbocycles. The molecule has 0 aliphatic rings. The molecule has 1 atom stereocenters. The number of aryl methyl sites for hydroxylation is 2. The zero-order valence-electron chi connectivity index (χ0n) is 18.2. The molecule has 1 amide bonds. The molecule has 2 rings (SSSR count). The van der Waals surface area contributed by atoms with Crippen molar-refractivity contribution in [1.82, 2.24) is 5.32 Å². The van der Waals surface area contributed by atoms with Gasteiger partial charge in [-0.2, -0.15) is 0 Å². The van der Waals surface area contributed by atoms with Crippen molar-refractivity contribution in [3.8, 4) is 5.75 Å². The van der Waals surface area contributed by atoms with Crippen LogP contribution in [0.4, 0.5) is 5.69 Å². The second kappa shape index (κ2) is 11.0. The number of ether oxygens (including phenoxy) is 1. The van der Waals surface area contributed by atoms with Crippen LogP contribution in [0.3, 0.4) is 0 Å². The van der Waals surface area contributed by atoms with Crippen molar-refractivity contribution in [3.63, 3.8) is 0 Å². The summed E-state index contributed by atoms with van der Waals surface area (Å²) in [6, 6.07) is 14.2. The summed E-state index contributed by atoms with van der Waals surface area (Å²) in [5.74, 6) is 0.571. The van der Waals surface area contributed by atoms with Crippen molar-refractivity contribution in [2.75, 3.05) is 23.7 Å². The summed E-state index contributed by atoms with van der Waals surface area (Å²) in [6.07, 6.45) is 3.00. The van der Waals surface area contributed by atoms with Gasteiger partial charge in [-0.25, -0.2) is 8.42 Å². The topological polar surface area (TPSA) is 75.7 Å². The Morgan fingerprint density at radius 2 is 1.77 bits per heavy atom. The normalized spacial score (nSPS) is 12.3. The Balaban J connectivity index is 2.03. The van der Waals surface area contributed by atoms with E-state index in [2.05, 4.69) is 5.32 Å². The van der Waals surface area contributed by atoms with Gasteiger partial charge < -0.3 is 10.1 Å². The van der Waals surface area contributed by atoms with E-state index in [0.29, 0.717) is 25.3 Å². The fraction of sp³-hybridized carbons (Fsp3) is 0.435. The summed E-state index contributed by atoms with van der Waals surface area (Å²) in [6.45, 7) is 6.76. The van der Waals surface area contributed by atoms with Crippen molar-refractivity contribution in [1.29, 1.82) is 0 Å². The largest absolute Gasteiger partial charge is 0.494 e. The van der Waals surface area contributed by atoms with Gasteiger partial charge in [0, 0.05) is 6.54 Å². The molecule has 0 bridgehead atoms. The molecule has 0 saturated carbocycles. The van der Waals surface area contributed by atoms with Gasteiger partial charge in [-0.1, -0.05) is 42.8 Å². The first-order valence-electron chi connectivity index (χ1n) is 10.3. The first kappa shape index (κ1) is 23.7. The summed E-state index contributed by atoms with van der Waals surface area (Å²) < 4.78 is 31.8. The van der Waals surface area contributed by atoms with Gasteiger partial charge in [-0.3, -0.25) is 9.10 Å². The molecular formula is C23H32N2O4S. The fourth-order valence-electron chi connectivity index (χ4n) is 3.37. The maximum Gasteiger partial charge on any atom is 0.243 e. The molecule has 7 heteroatoms. The quantitative estimate of drug-likeness (QED) is 0.550. The minimum absolute atomic E-state index is 0.290. The van der Waals surface area contributed by atoms with Gasteiger partial charge in [0.15, 0.2) is 0 Å². The van der Waals surface area contributed by atoms with Crippen LogP contribution in [0, 0.1) is 6.92 Å². The Kier molecular flexibility index (Phi) is 8.72. The van der Waals surface area contributed by atoms with Crippen LogP contribution >= 0.6 is 0 Å².